The number of carbonyl (C=O) groups is 1. The lowest BCUT2D eigenvalue weighted by molar-refractivity contribution is -0.127. The molecular formula is C9H16N2O2. The van der Waals surface area contributed by atoms with Crippen molar-refractivity contribution in [2.24, 2.45) is 0 Å². The van der Waals surface area contributed by atoms with Gasteiger partial charge in [0.2, 0.25) is 5.91 Å². The highest BCUT2D eigenvalue weighted by Crippen LogP contribution is 2.29. The molecule has 1 aliphatic heterocycles. The second-order valence-electron chi connectivity index (χ2n) is 3.81. The molecule has 2 fully saturated rings. The molecule has 0 spiro atoms. The first kappa shape index (κ1) is 8.97. The highest BCUT2D eigenvalue weighted by Gasteiger charge is 2.37. The zero-order valence-corrected chi connectivity index (χ0v) is 7.70. The lowest BCUT2D eigenvalue weighted by Crippen LogP contribution is -2.47. The average Bonchev–Trinajstić information content (AvgIpc) is 2.90. The number of carbonyl (C=O) groups excluding carboxylic acids is 1. The van der Waals surface area contributed by atoms with Crippen LogP contribution in [0.1, 0.15) is 19.3 Å². The zero-order chi connectivity index (χ0) is 9.26. The van der Waals surface area contributed by atoms with E-state index in [9.17, 15) is 4.79 Å². The van der Waals surface area contributed by atoms with E-state index in [0.29, 0.717) is 6.04 Å². The third kappa shape index (κ3) is 1.84. The Kier molecular flexibility index (Phi) is 2.51. The molecule has 1 amide bonds. The van der Waals surface area contributed by atoms with Crippen LogP contribution in [0.5, 0.6) is 0 Å². The summed E-state index contributed by atoms with van der Waals surface area (Å²) in [4.78, 5) is 13.6. The summed E-state index contributed by atoms with van der Waals surface area (Å²) in [5, 5.41) is 11.9. The van der Waals surface area contributed by atoms with E-state index < -0.39 is 0 Å². The van der Waals surface area contributed by atoms with Crippen LogP contribution in [0.15, 0.2) is 0 Å². The number of aliphatic hydroxyl groups excluding tert-OH is 1. The Hall–Kier alpha value is -0.610. The van der Waals surface area contributed by atoms with Gasteiger partial charge in [-0.25, -0.2) is 0 Å². The van der Waals surface area contributed by atoms with Gasteiger partial charge in [0, 0.05) is 19.1 Å². The minimum absolute atomic E-state index is 0.00750. The summed E-state index contributed by atoms with van der Waals surface area (Å²) in [5.74, 6) is -0.00750. The van der Waals surface area contributed by atoms with E-state index in [1.54, 1.807) is 0 Å². The van der Waals surface area contributed by atoms with Crippen molar-refractivity contribution in [1.82, 2.24) is 10.2 Å². The highest BCUT2D eigenvalue weighted by molar-refractivity contribution is 5.82. The summed E-state index contributed by atoms with van der Waals surface area (Å²) >= 11 is 0. The maximum Gasteiger partial charge on any atom is 0.239 e. The van der Waals surface area contributed by atoms with Crippen molar-refractivity contribution in [1.29, 1.82) is 0 Å². The fraction of sp³-hybridized carbons (Fsp3) is 0.889. The average molecular weight is 184 g/mol. The van der Waals surface area contributed by atoms with Crippen molar-refractivity contribution in [3.05, 3.63) is 0 Å². The number of aliphatic hydroxyl groups is 1. The smallest absolute Gasteiger partial charge is 0.239 e. The molecule has 13 heavy (non-hydrogen) atoms. The van der Waals surface area contributed by atoms with Crippen LogP contribution < -0.4 is 5.32 Å². The Morgan fingerprint density at radius 2 is 2.31 bits per heavy atom. The van der Waals surface area contributed by atoms with E-state index in [4.69, 9.17) is 5.11 Å². The number of rotatable bonds is 2. The Labute approximate surface area is 77.9 Å². The van der Waals surface area contributed by atoms with Crippen molar-refractivity contribution < 1.29 is 9.90 Å². The molecule has 4 heteroatoms. The van der Waals surface area contributed by atoms with Crippen LogP contribution in [-0.2, 0) is 4.79 Å². The third-order valence-electron chi connectivity index (χ3n) is 2.78. The Balaban J connectivity index is 2.06. The molecule has 0 aromatic heterocycles. The molecule has 1 saturated heterocycles. The van der Waals surface area contributed by atoms with E-state index >= 15 is 0 Å². The Morgan fingerprint density at radius 3 is 2.92 bits per heavy atom. The molecule has 1 atom stereocenters. The van der Waals surface area contributed by atoms with Crippen LogP contribution in [0.3, 0.4) is 0 Å². The van der Waals surface area contributed by atoms with Gasteiger partial charge in [-0.2, -0.15) is 0 Å². The first-order valence-electron chi connectivity index (χ1n) is 4.97. The second-order valence-corrected chi connectivity index (χ2v) is 3.81. The molecule has 0 bridgehead atoms. The molecule has 1 aliphatic carbocycles. The maximum atomic E-state index is 11.5. The van der Waals surface area contributed by atoms with E-state index in [1.807, 2.05) is 0 Å². The molecule has 1 heterocycles. The van der Waals surface area contributed by atoms with Crippen molar-refractivity contribution in [3.8, 4) is 0 Å². The molecular weight excluding hydrogens is 168 g/mol. The summed E-state index contributed by atoms with van der Waals surface area (Å²) < 4.78 is 0. The van der Waals surface area contributed by atoms with Gasteiger partial charge in [0.25, 0.3) is 0 Å². The summed E-state index contributed by atoms with van der Waals surface area (Å²) in [7, 11) is 0. The number of amides is 1. The normalized spacial score (nSPS) is 31.2. The minimum atomic E-state index is -0.296. The van der Waals surface area contributed by atoms with Crippen LogP contribution in [-0.4, -0.2) is 47.7 Å². The number of hydrogen-bond acceptors (Lipinski definition) is 3. The molecule has 2 aliphatic rings. The molecule has 0 aromatic rings. The summed E-state index contributed by atoms with van der Waals surface area (Å²) in [5.41, 5.74) is 0. The lowest BCUT2D eigenvalue weighted by Gasteiger charge is -2.26. The van der Waals surface area contributed by atoms with Crippen molar-refractivity contribution in [2.75, 3.05) is 19.7 Å². The Bertz CT molecular complexity index is 204. The number of nitrogens with one attached hydrogen (secondary N) is 1. The summed E-state index contributed by atoms with van der Waals surface area (Å²) in [6, 6.07) is 0.260. The van der Waals surface area contributed by atoms with Gasteiger partial charge in [-0.3, -0.25) is 9.69 Å². The fourth-order valence-corrected chi connectivity index (χ4v) is 1.93. The third-order valence-corrected chi connectivity index (χ3v) is 2.78. The van der Waals surface area contributed by atoms with Gasteiger partial charge >= 0.3 is 0 Å². The van der Waals surface area contributed by atoms with Crippen molar-refractivity contribution >= 4 is 5.91 Å². The molecule has 0 radical (unpaired) electrons. The first-order valence-corrected chi connectivity index (χ1v) is 4.97. The van der Waals surface area contributed by atoms with Crippen molar-refractivity contribution in [3.63, 3.8) is 0 Å². The predicted molar refractivity (Wildman–Crippen MR) is 48.2 cm³/mol. The van der Waals surface area contributed by atoms with Crippen LogP contribution in [0, 0.1) is 0 Å². The predicted octanol–water partition coefficient (Wildman–Crippen LogP) is -0.668. The molecule has 1 unspecified atom stereocenters. The van der Waals surface area contributed by atoms with Crippen LogP contribution in [0.2, 0.25) is 0 Å². The van der Waals surface area contributed by atoms with E-state index in [0.717, 1.165) is 19.5 Å². The molecule has 2 rings (SSSR count). The van der Waals surface area contributed by atoms with Gasteiger partial charge in [0.05, 0.1) is 6.61 Å². The van der Waals surface area contributed by atoms with Gasteiger partial charge in [0.1, 0.15) is 6.04 Å². The summed E-state index contributed by atoms with van der Waals surface area (Å²) in [6.07, 6.45) is 3.37. The highest BCUT2D eigenvalue weighted by atomic mass is 16.3. The standard InChI is InChI=1S/C9H16N2O2/c12-6-8-9(13)10-4-1-5-11(8)7-2-3-7/h7-8,12H,1-6H2,(H,10,13). The van der Waals surface area contributed by atoms with E-state index in [-0.39, 0.29) is 18.6 Å². The molecule has 1 saturated carbocycles. The minimum Gasteiger partial charge on any atom is -0.394 e. The summed E-state index contributed by atoms with van der Waals surface area (Å²) in [6.45, 7) is 1.63. The lowest BCUT2D eigenvalue weighted by atomic mass is 10.2. The quantitative estimate of drug-likeness (QED) is 0.598. The maximum absolute atomic E-state index is 11.5. The van der Waals surface area contributed by atoms with Crippen molar-refractivity contribution in [2.45, 2.75) is 31.3 Å². The Morgan fingerprint density at radius 1 is 1.54 bits per heavy atom. The molecule has 4 nitrogen and oxygen atoms in total. The largest absolute Gasteiger partial charge is 0.394 e. The number of hydrogen-bond donors (Lipinski definition) is 2. The van der Waals surface area contributed by atoms with Crippen LogP contribution >= 0.6 is 0 Å². The molecule has 2 N–H and O–H groups in total. The molecule has 0 aromatic carbocycles. The van der Waals surface area contributed by atoms with Gasteiger partial charge < -0.3 is 10.4 Å². The first-order chi connectivity index (χ1) is 6.33. The van der Waals surface area contributed by atoms with Gasteiger partial charge in [-0.1, -0.05) is 0 Å². The van der Waals surface area contributed by atoms with E-state index in [1.165, 1.54) is 12.8 Å². The fourth-order valence-electron chi connectivity index (χ4n) is 1.93. The van der Waals surface area contributed by atoms with Gasteiger partial charge in [-0.15, -0.1) is 0 Å². The van der Waals surface area contributed by atoms with Crippen LogP contribution in [0.4, 0.5) is 0 Å². The second kappa shape index (κ2) is 3.64. The van der Waals surface area contributed by atoms with Crippen LogP contribution in [0.25, 0.3) is 0 Å². The van der Waals surface area contributed by atoms with E-state index in [2.05, 4.69) is 10.2 Å². The SMILES string of the molecule is O=C1NCCCN(C2CC2)C1CO. The monoisotopic (exact) mass is 184 g/mol. The van der Waals surface area contributed by atoms with Gasteiger partial charge in [0.15, 0.2) is 0 Å². The van der Waals surface area contributed by atoms with Gasteiger partial charge in [-0.05, 0) is 19.3 Å². The topological polar surface area (TPSA) is 52.6 Å². The zero-order valence-electron chi connectivity index (χ0n) is 7.70. The number of nitrogens with zero attached hydrogens (tertiary/aromatic N) is 1. The molecule has 74 valence electrons.